The predicted molar refractivity (Wildman–Crippen MR) is 28.0 cm³/mol. The van der Waals surface area contributed by atoms with Crippen LogP contribution in [0.3, 0.4) is 0 Å². The fourth-order valence-electron chi connectivity index (χ4n) is 0.927. The van der Waals surface area contributed by atoms with E-state index in [9.17, 15) is 8.40 Å². The van der Waals surface area contributed by atoms with Gasteiger partial charge >= 0.3 is 14.8 Å². The van der Waals surface area contributed by atoms with Gasteiger partial charge in [-0.25, -0.2) is 0 Å². The van der Waals surface area contributed by atoms with E-state index in [2.05, 4.69) is 3.83 Å². The van der Waals surface area contributed by atoms with Gasteiger partial charge in [0.1, 0.15) is 0 Å². The molecule has 0 spiro atoms. The first-order valence-corrected chi connectivity index (χ1v) is 5.22. The van der Waals surface area contributed by atoms with Crippen LogP contribution in [0.4, 0.5) is 0 Å². The van der Waals surface area contributed by atoms with Crippen molar-refractivity contribution in [1.82, 2.24) is 0 Å². The van der Waals surface area contributed by atoms with Crippen molar-refractivity contribution in [2.24, 2.45) is 5.73 Å². The molecule has 66 valence electrons. The van der Waals surface area contributed by atoms with Gasteiger partial charge in [0, 0.05) is 16.3 Å². The van der Waals surface area contributed by atoms with Crippen molar-refractivity contribution in [3.63, 3.8) is 0 Å². The number of nitrogens with two attached hydrogens (primary N) is 1. The van der Waals surface area contributed by atoms with Crippen molar-refractivity contribution in [3.05, 3.63) is 0 Å². The molecule has 0 aromatic carbocycles. The van der Waals surface area contributed by atoms with E-state index in [0.717, 1.165) is 6.42 Å². The molecule has 1 saturated heterocycles. The van der Waals surface area contributed by atoms with Crippen LogP contribution in [0.15, 0.2) is 0 Å². The van der Waals surface area contributed by atoms with Crippen molar-refractivity contribution >= 4 is 0 Å². The lowest BCUT2D eigenvalue weighted by Gasteiger charge is -2.21. The number of ether oxygens (including phenoxy) is 1. The lowest BCUT2D eigenvalue weighted by molar-refractivity contribution is -1.63. The minimum absolute atomic E-state index is 0.00417. The molecule has 2 unspecified atom stereocenters. The third kappa shape index (κ3) is 3.46. The first kappa shape index (κ1) is 9.37. The lowest BCUT2D eigenvalue weighted by Crippen LogP contribution is -2.43. The summed E-state index contributed by atoms with van der Waals surface area (Å²) in [6.07, 6.45) is 0.572. The van der Waals surface area contributed by atoms with Gasteiger partial charge in [-0.2, -0.15) is 0 Å². The second-order valence-electron chi connectivity index (χ2n) is 2.36. The van der Waals surface area contributed by atoms with Crippen molar-refractivity contribution in [1.29, 1.82) is 0 Å². The molecule has 11 heavy (non-hydrogen) atoms. The summed E-state index contributed by atoms with van der Waals surface area (Å²) in [5.74, 6) is 0. The second kappa shape index (κ2) is 4.34. The second-order valence-corrected chi connectivity index (χ2v) is 3.53. The summed E-state index contributed by atoms with van der Waals surface area (Å²) >= 11 is -3.16. The van der Waals surface area contributed by atoms with Crippen LogP contribution in [0.25, 0.3) is 0 Å². The van der Waals surface area contributed by atoms with E-state index in [1.807, 2.05) is 0 Å². The highest BCUT2D eigenvalue weighted by molar-refractivity contribution is 4.67. The minimum Gasteiger partial charge on any atom is -0.372 e. The normalized spacial score (nSPS) is 32.7. The number of hydrogen-bond donors (Lipinski definition) is 1. The molecule has 2 atom stereocenters. The van der Waals surface area contributed by atoms with Gasteiger partial charge in [-0.1, -0.05) is 0 Å². The summed E-state index contributed by atoms with van der Waals surface area (Å²) in [6, 6.07) is -0.00417. The summed E-state index contributed by atoms with van der Waals surface area (Å²) in [4.78, 5) is 0. The van der Waals surface area contributed by atoms with E-state index in [1.165, 1.54) is 0 Å². The third-order valence-electron chi connectivity index (χ3n) is 1.46. The highest BCUT2D eigenvalue weighted by atomic mass is 80.0. The quantitative estimate of drug-likeness (QED) is 0.566. The van der Waals surface area contributed by atoms with E-state index in [1.54, 1.807) is 0 Å². The van der Waals surface area contributed by atoms with E-state index in [4.69, 9.17) is 10.5 Å². The van der Waals surface area contributed by atoms with E-state index in [-0.39, 0.29) is 6.04 Å². The van der Waals surface area contributed by atoms with Crippen molar-refractivity contribution in [2.75, 3.05) is 6.61 Å². The van der Waals surface area contributed by atoms with Crippen molar-refractivity contribution in [2.45, 2.75) is 25.2 Å². The molecule has 0 amide bonds. The largest absolute Gasteiger partial charge is 0.440 e. The Bertz CT molecular complexity index is 121. The zero-order chi connectivity index (χ0) is 8.27. The third-order valence-corrected chi connectivity index (χ3v) is 2.18. The summed E-state index contributed by atoms with van der Waals surface area (Å²) in [7, 11) is 0. The molecule has 1 fully saturated rings. The van der Waals surface area contributed by atoms with Crippen LogP contribution < -0.4 is 14.1 Å². The minimum atomic E-state index is -3.16. The summed E-state index contributed by atoms with van der Waals surface area (Å²) < 4.78 is 29.7. The molecule has 1 heterocycles. The van der Waals surface area contributed by atoms with Gasteiger partial charge in [0.05, 0.1) is 6.61 Å². The fraction of sp³-hybridized carbons (Fsp3) is 1.00. The Labute approximate surface area is 69.9 Å². The highest BCUT2D eigenvalue weighted by Gasteiger charge is 2.29. The van der Waals surface area contributed by atoms with E-state index in [0.29, 0.717) is 13.0 Å². The number of hydrogen-bond acceptors (Lipinski definition) is 5. The zero-order valence-electron chi connectivity index (χ0n) is 5.86. The Morgan fingerprint density at radius 2 is 2.27 bits per heavy atom. The van der Waals surface area contributed by atoms with Gasteiger partial charge in [0.15, 0.2) is 0 Å². The molecule has 2 N–H and O–H groups in total. The molecule has 6 heteroatoms. The maximum absolute atomic E-state index is 10.1. The Morgan fingerprint density at radius 3 is 2.82 bits per heavy atom. The molecular weight excluding hydrogens is 218 g/mol. The van der Waals surface area contributed by atoms with Gasteiger partial charge in [0.25, 0.3) is 6.29 Å². The first-order chi connectivity index (χ1) is 5.18. The van der Waals surface area contributed by atoms with Crippen LogP contribution in [0.5, 0.6) is 0 Å². The molecule has 5 nitrogen and oxygen atoms in total. The van der Waals surface area contributed by atoms with E-state index < -0.39 is 21.1 Å². The molecule has 0 aromatic heterocycles. The van der Waals surface area contributed by atoms with Crippen LogP contribution in [-0.4, -0.2) is 18.9 Å². The SMILES string of the molecule is NC1CCOC(O[Br+2]([O-])[O-])C1. The van der Waals surface area contributed by atoms with Crippen LogP contribution in [0.2, 0.25) is 0 Å². The summed E-state index contributed by atoms with van der Waals surface area (Å²) in [5.41, 5.74) is 5.55. The Balaban J connectivity index is 2.23. The van der Waals surface area contributed by atoms with Crippen molar-refractivity contribution < 1.29 is 31.8 Å². The van der Waals surface area contributed by atoms with Crippen LogP contribution in [0.1, 0.15) is 12.8 Å². The fourth-order valence-corrected chi connectivity index (χ4v) is 1.53. The average Bonchev–Trinajstić information content (AvgIpc) is 1.85. The van der Waals surface area contributed by atoms with Gasteiger partial charge in [-0.3, -0.25) is 0 Å². The molecule has 0 aliphatic carbocycles. The predicted octanol–water partition coefficient (Wildman–Crippen LogP) is -2.45. The maximum Gasteiger partial charge on any atom is 0.440 e. The molecule has 1 rings (SSSR count). The first-order valence-electron chi connectivity index (χ1n) is 3.28. The number of rotatable bonds is 2. The molecule has 0 saturated carbocycles. The lowest BCUT2D eigenvalue weighted by atomic mass is 10.1. The van der Waals surface area contributed by atoms with Gasteiger partial charge in [-0.15, -0.1) is 0 Å². The van der Waals surface area contributed by atoms with Gasteiger partial charge < -0.3 is 18.9 Å². The molecular formula is C5H10BrNO4. The van der Waals surface area contributed by atoms with E-state index >= 15 is 0 Å². The number of halogens is 1. The van der Waals surface area contributed by atoms with Crippen LogP contribution in [-0.2, 0) is 8.57 Å². The smallest absolute Gasteiger partial charge is 0.372 e. The Hall–Kier alpha value is 0.280. The standard InChI is InChI=1S/C5H10BrNO4/c7-4-1-2-10-5(3-4)11-6(8)9/h4-5H,1-3,7H2. The molecule has 0 bridgehead atoms. The van der Waals surface area contributed by atoms with Crippen LogP contribution >= 0.6 is 0 Å². The Morgan fingerprint density at radius 1 is 1.55 bits per heavy atom. The zero-order valence-corrected chi connectivity index (χ0v) is 7.45. The molecule has 0 radical (unpaired) electrons. The van der Waals surface area contributed by atoms with Gasteiger partial charge in [-0.05, 0) is 6.42 Å². The molecule has 1 aliphatic rings. The highest BCUT2D eigenvalue weighted by Crippen LogP contribution is 2.13. The molecule has 0 aromatic rings. The maximum atomic E-state index is 10.1. The monoisotopic (exact) mass is 227 g/mol. The molecule has 1 aliphatic heterocycles. The summed E-state index contributed by atoms with van der Waals surface area (Å²) in [6.45, 7) is 0.474. The average molecular weight is 228 g/mol. The van der Waals surface area contributed by atoms with Gasteiger partial charge in [0.2, 0.25) is 0 Å². The van der Waals surface area contributed by atoms with Crippen LogP contribution in [0, 0.1) is 14.8 Å². The van der Waals surface area contributed by atoms with Crippen molar-refractivity contribution in [3.8, 4) is 0 Å². The summed E-state index contributed by atoms with van der Waals surface area (Å²) in [5, 5.41) is 0. The Kier molecular flexibility index (Phi) is 3.70. The topological polar surface area (TPSA) is 90.6 Å².